The molecule has 6 N–H and O–H groups in total. The molecule has 9 heteroatoms. The zero-order chi connectivity index (χ0) is 57.9. The zero-order valence-electron chi connectivity index (χ0n) is 51.3. The van der Waals surface area contributed by atoms with Crippen molar-refractivity contribution in [1.82, 2.24) is 5.32 Å². The topological polar surface area (TPSA) is 149 Å². The van der Waals surface area contributed by atoms with Crippen molar-refractivity contribution in [2.75, 3.05) is 13.2 Å². The highest BCUT2D eigenvalue weighted by atomic mass is 16.7. The number of aliphatic hydroxyl groups excluding tert-OH is 5. The van der Waals surface area contributed by atoms with Gasteiger partial charge in [-0.2, -0.15) is 0 Å². The smallest absolute Gasteiger partial charge is 0.220 e. The predicted molar refractivity (Wildman–Crippen MR) is 341 cm³/mol. The van der Waals surface area contributed by atoms with Crippen LogP contribution in [-0.2, 0) is 14.3 Å². The van der Waals surface area contributed by atoms with Gasteiger partial charge >= 0.3 is 0 Å². The summed E-state index contributed by atoms with van der Waals surface area (Å²) in [6, 6.07) is -0.730. The van der Waals surface area contributed by atoms with Gasteiger partial charge in [0.1, 0.15) is 24.4 Å². The van der Waals surface area contributed by atoms with Crippen molar-refractivity contribution in [3.05, 3.63) is 109 Å². The van der Waals surface area contributed by atoms with Gasteiger partial charge in [-0.15, -0.1) is 0 Å². The third-order valence-corrected chi connectivity index (χ3v) is 15.1. The average molecular weight is 1120 g/mol. The monoisotopic (exact) mass is 1120 g/mol. The van der Waals surface area contributed by atoms with Crippen molar-refractivity contribution in [1.29, 1.82) is 0 Å². The molecule has 0 bridgehead atoms. The molecule has 0 radical (unpaired) electrons. The molecule has 1 saturated heterocycles. The lowest BCUT2D eigenvalue weighted by Gasteiger charge is -2.40. The van der Waals surface area contributed by atoms with E-state index in [1.807, 2.05) is 0 Å². The van der Waals surface area contributed by atoms with Crippen LogP contribution in [0, 0.1) is 0 Å². The Balaban J connectivity index is 2.16. The lowest BCUT2D eigenvalue weighted by molar-refractivity contribution is -0.302. The Morgan fingerprint density at radius 1 is 0.438 bits per heavy atom. The third kappa shape index (κ3) is 47.4. The standard InChI is InChI=1S/C71H123NO8/c1-3-5-7-9-11-13-15-17-19-21-23-25-26-27-28-29-30-31-32-33-34-35-36-37-38-39-40-41-43-45-47-49-51-53-55-57-59-61-67(75)72-64(63-79-71-70(78)69(77)68(76)66(62-73)80-71)65(74)60-58-56-54-52-50-48-46-44-42-24-22-20-18-16-14-12-10-8-6-4-2/h5,7,11,13,17,19,23,25,27-28,30-31,33-34,36-37,39-40,64-66,68-71,73-74,76-78H,3-4,6,8-10,12,14-16,18,20-22,24,26,29,32,35,38,41-63H2,1-2H3,(H,72,75)/b7-5-,13-11-,19-17-,25-23-,28-27-,31-30-,34-33-,37-36-,40-39-. The van der Waals surface area contributed by atoms with Crippen LogP contribution in [0.2, 0.25) is 0 Å². The van der Waals surface area contributed by atoms with Crippen molar-refractivity contribution in [2.45, 2.75) is 320 Å². The first-order valence-electron chi connectivity index (χ1n) is 33.1. The summed E-state index contributed by atoms with van der Waals surface area (Å²) in [7, 11) is 0. The van der Waals surface area contributed by atoms with Crippen LogP contribution in [-0.4, -0.2) is 87.5 Å². The summed E-state index contributed by atoms with van der Waals surface area (Å²) >= 11 is 0. The summed E-state index contributed by atoms with van der Waals surface area (Å²) in [4.78, 5) is 13.1. The number of carbonyl (C=O) groups excluding carboxylic acids is 1. The second kappa shape index (κ2) is 59.0. The molecule has 9 nitrogen and oxygen atoms in total. The molecule has 1 fully saturated rings. The van der Waals surface area contributed by atoms with Gasteiger partial charge in [-0.3, -0.25) is 4.79 Å². The van der Waals surface area contributed by atoms with Gasteiger partial charge in [0.05, 0.1) is 25.4 Å². The van der Waals surface area contributed by atoms with Gasteiger partial charge in [-0.1, -0.05) is 297 Å². The van der Waals surface area contributed by atoms with Gasteiger partial charge in [0.25, 0.3) is 0 Å². The van der Waals surface area contributed by atoms with Crippen molar-refractivity contribution < 1.29 is 39.8 Å². The van der Waals surface area contributed by atoms with E-state index in [0.717, 1.165) is 103 Å². The highest BCUT2D eigenvalue weighted by molar-refractivity contribution is 5.76. The van der Waals surface area contributed by atoms with Crippen LogP contribution in [0.1, 0.15) is 277 Å². The molecule has 1 heterocycles. The van der Waals surface area contributed by atoms with E-state index in [1.165, 1.54) is 148 Å². The molecule has 0 spiro atoms. The Morgan fingerprint density at radius 3 is 1.15 bits per heavy atom. The molecule has 1 amide bonds. The number of aliphatic hydroxyl groups is 5. The second-order valence-electron chi connectivity index (χ2n) is 22.5. The summed E-state index contributed by atoms with van der Waals surface area (Å²) in [5.74, 6) is -0.152. The Morgan fingerprint density at radius 2 is 0.775 bits per heavy atom. The molecule has 0 aliphatic carbocycles. The van der Waals surface area contributed by atoms with Crippen molar-refractivity contribution >= 4 is 5.91 Å². The normalized spacial score (nSPS) is 19.2. The number of unbranched alkanes of at least 4 members (excludes halogenated alkanes) is 28. The number of ether oxygens (including phenoxy) is 2. The number of rotatable bonds is 56. The molecule has 7 atom stereocenters. The molecule has 0 aromatic heterocycles. The maximum atomic E-state index is 13.1. The van der Waals surface area contributed by atoms with Crippen LogP contribution in [0.25, 0.3) is 0 Å². The fraction of sp³-hybridized carbons (Fsp3) is 0.732. The van der Waals surface area contributed by atoms with Gasteiger partial charge in [0.15, 0.2) is 6.29 Å². The van der Waals surface area contributed by atoms with E-state index in [1.54, 1.807) is 0 Å². The minimum atomic E-state index is -1.56. The maximum absolute atomic E-state index is 13.1. The number of allylic oxidation sites excluding steroid dienone is 18. The van der Waals surface area contributed by atoms with Crippen LogP contribution in [0.15, 0.2) is 109 Å². The van der Waals surface area contributed by atoms with E-state index in [-0.39, 0.29) is 12.5 Å². The predicted octanol–water partition coefficient (Wildman–Crippen LogP) is 17.7. The van der Waals surface area contributed by atoms with Crippen LogP contribution >= 0.6 is 0 Å². The first kappa shape index (κ1) is 74.9. The van der Waals surface area contributed by atoms with E-state index < -0.39 is 49.5 Å². The third-order valence-electron chi connectivity index (χ3n) is 15.1. The number of carbonyl (C=O) groups is 1. The number of hydrogen-bond donors (Lipinski definition) is 6. The largest absolute Gasteiger partial charge is 0.394 e. The van der Waals surface area contributed by atoms with E-state index in [4.69, 9.17) is 9.47 Å². The van der Waals surface area contributed by atoms with Gasteiger partial charge < -0.3 is 40.3 Å². The van der Waals surface area contributed by atoms with Crippen LogP contribution in [0.4, 0.5) is 0 Å². The fourth-order valence-electron chi connectivity index (χ4n) is 9.98. The minimum Gasteiger partial charge on any atom is -0.394 e. The minimum absolute atomic E-state index is 0.145. The van der Waals surface area contributed by atoms with E-state index in [2.05, 4.69) is 129 Å². The molecule has 0 saturated carbocycles. The number of amides is 1. The van der Waals surface area contributed by atoms with Crippen LogP contribution in [0.5, 0.6) is 0 Å². The van der Waals surface area contributed by atoms with E-state index >= 15 is 0 Å². The summed E-state index contributed by atoms with van der Waals surface area (Å²) < 4.78 is 11.3. The Kier molecular flexibility index (Phi) is 55.2. The Hall–Kier alpha value is -3.15. The average Bonchev–Trinajstić information content (AvgIpc) is 3.46. The zero-order valence-corrected chi connectivity index (χ0v) is 51.3. The van der Waals surface area contributed by atoms with Gasteiger partial charge in [-0.05, 0) is 83.5 Å². The van der Waals surface area contributed by atoms with Crippen LogP contribution in [0.3, 0.4) is 0 Å². The highest BCUT2D eigenvalue weighted by Gasteiger charge is 2.44. The summed E-state index contributed by atoms with van der Waals surface area (Å²) in [5.41, 5.74) is 0. The molecule has 7 unspecified atom stereocenters. The van der Waals surface area contributed by atoms with Crippen molar-refractivity contribution in [3.8, 4) is 0 Å². The van der Waals surface area contributed by atoms with Gasteiger partial charge in [0.2, 0.25) is 5.91 Å². The molecule has 80 heavy (non-hydrogen) atoms. The molecule has 1 aliphatic rings. The molecular weight excluding hydrogens is 995 g/mol. The van der Waals surface area contributed by atoms with E-state index in [0.29, 0.717) is 12.8 Å². The number of hydrogen-bond acceptors (Lipinski definition) is 8. The molecule has 460 valence electrons. The molecular formula is C71H123NO8. The molecule has 1 rings (SSSR count). The molecule has 1 aliphatic heterocycles. The molecule has 0 aromatic rings. The fourth-order valence-corrected chi connectivity index (χ4v) is 9.98. The summed E-state index contributed by atoms with van der Waals surface area (Å²) in [6.07, 6.45) is 79.8. The Bertz CT molecular complexity index is 1630. The van der Waals surface area contributed by atoms with Gasteiger partial charge in [0, 0.05) is 6.42 Å². The Labute approximate surface area is 491 Å². The van der Waals surface area contributed by atoms with Gasteiger partial charge in [-0.25, -0.2) is 0 Å². The van der Waals surface area contributed by atoms with E-state index in [9.17, 15) is 30.3 Å². The van der Waals surface area contributed by atoms with Crippen LogP contribution < -0.4 is 5.32 Å². The first-order chi connectivity index (χ1) is 39.3. The first-order valence-corrected chi connectivity index (χ1v) is 33.1. The maximum Gasteiger partial charge on any atom is 0.220 e. The second-order valence-corrected chi connectivity index (χ2v) is 22.5. The SMILES string of the molecule is CC/C=C\C/C=C\C/C=C\C/C=C\C/C=C\C/C=C\C/C=C\C/C=C\C/C=C\CCCCCCCCCCCC(=O)NC(COC1OC(CO)C(O)C(O)C1O)C(O)CCCCCCCCCCCCCCCCCCCCCC. The van der Waals surface area contributed by atoms with Crippen molar-refractivity contribution in [2.24, 2.45) is 0 Å². The molecule has 0 aromatic carbocycles. The number of nitrogens with one attached hydrogen (secondary N) is 1. The van der Waals surface area contributed by atoms with Crippen molar-refractivity contribution in [3.63, 3.8) is 0 Å². The highest BCUT2D eigenvalue weighted by Crippen LogP contribution is 2.23. The quantitative estimate of drug-likeness (QED) is 0.0261. The lowest BCUT2D eigenvalue weighted by atomic mass is 9.99. The lowest BCUT2D eigenvalue weighted by Crippen LogP contribution is -2.60. The summed E-state index contributed by atoms with van der Waals surface area (Å²) in [5, 5.41) is 54.8. The summed E-state index contributed by atoms with van der Waals surface area (Å²) in [6.45, 7) is 3.74.